The van der Waals surface area contributed by atoms with Crippen molar-refractivity contribution in [2.45, 2.75) is 26.2 Å². The summed E-state index contributed by atoms with van der Waals surface area (Å²) >= 11 is 0. The molecule has 0 aromatic heterocycles. The zero-order chi connectivity index (χ0) is 15.5. The van der Waals surface area contributed by atoms with Crippen LogP contribution in [0.2, 0.25) is 0 Å². The molecule has 2 amide bonds. The van der Waals surface area contributed by atoms with E-state index in [1.54, 1.807) is 4.90 Å². The number of hydrogen-bond donors (Lipinski definition) is 2. The number of amides is 2. The summed E-state index contributed by atoms with van der Waals surface area (Å²) in [6, 6.07) is -0.0914. The number of rotatable bonds is 8. The Hall–Kier alpha value is -1.34. The first kappa shape index (κ1) is 17.7. The molecule has 0 bridgehead atoms. The van der Waals surface area contributed by atoms with Crippen molar-refractivity contribution in [1.82, 2.24) is 15.1 Å². The van der Waals surface area contributed by atoms with E-state index >= 15 is 0 Å². The van der Waals surface area contributed by atoms with Gasteiger partial charge in [-0.05, 0) is 12.8 Å². The van der Waals surface area contributed by atoms with Gasteiger partial charge >= 0.3 is 12.0 Å². The number of ether oxygens (including phenoxy) is 1. The van der Waals surface area contributed by atoms with Gasteiger partial charge < -0.3 is 20.1 Å². The molecule has 1 aliphatic heterocycles. The summed E-state index contributed by atoms with van der Waals surface area (Å²) in [5, 5.41) is 11.6. The third kappa shape index (κ3) is 7.87. The highest BCUT2D eigenvalue weighted by Crippen LogP contribution is 2.03. The predicted molar refractivity (Wildman–Crippen MR) is 79.4 cm³/mol. The van der Waals surface area contributed by atoms with Gasteiger partial charge in [-0.1, -0.05) is 13.3 Å². The summed E-state index contributed by atoms with van der Waals surface area (Å²) in [6.07, 6.45) is 2.94. The van der Waals surface area contributed by atoms with E-state index in [4.69, 9.17) is 9.84 Å². The topological polar surface area (TPSA) is 82.1 Å². The lowest BCUT2D eigenvalue weighted by Gasteiger charge is -2.21. The van der Waals surface area contributed by atoms with E-state index in [1.165, 1.54) is 0 Å². The lowest BCUT2D eigenvalue weighted by atomic mass is 10.4. The van der Waals surface area contributed by atoms with Gasteiger partial charge in [0.1, 0.15) is 0 Å². The Morgan fingerprint density at radius 2 is 2.00 bits per heavy atom. The molecule has 0 atom stereocenters. The van der Waals surface area contributed by atoms with Gasteiger partial charge in [-0.3, -0.25) is 9.69 Å². The van der Waals surface area contributed by atoms with Crippen molar-refractivity contribution in [3.8, 4) is 0 Å². The number of carboxylic acid groups (broad SMARTS) is 1. The highest BCUT2D eigenvalue weighted by Gasteiger charge is 2.19. The standard InChI is InChI=1S/C14H27N3O4/c1-2-3-10-21-11-5-15-14(20)17-7-4-6-16(8-9-17)12-13(18)19/h2-12H2,1H3,(H,15,20)(H,18,19). The summed E-state index contributed by atoms with van der Waals surface area (Å²) in [5.74, 6) is -0.822. The fourth-order valence-corrected chi connectivity index (χ4v) is 2.21. The molecule has 2 N–H and O–H groups in total. The fraction of sp³-hybridized carbons (Fsp3) is 0.857. The molecule has 1 aliphatic rings. The second kappa shape index (κ2) is 10.4. The molecule has 1 rings (SSSR count). The molecular weight excluding hydrogens is 274 g/mol. The second-order valence-corrected chi connectivity index (χ2v) is 5.21. The maximum Gasteiger partial charge on any atom is 0.317 e. The van der Waals surface area contributed by atoms with Gasteiger partial charge in [-0.15, -0.1) is 0 Å². The lowest BCUT2D eigenvalue weighted by molar-refractivity contribution is -0.138. The number of unbranched alkanes of at least 4 members (excludes halogenated alkanes) is 1. The van der Waals surface area contributed by atoms with Gasteiger partial charge in [0.25, 0.3) is 0 Å². The van der Waals surface area contributed by atoms with Gasteiger partial charge in [0.2, 0.25) is 0 Å². The average molecular weight is 301 g/mol. The van der Waals surface area contributed by atoms with Crippen molar-refractivity contribution in [3.63, 3.8) is 0 Å². The molecule has 7 nitrogen and oxygen atoms in total. The Balaban J connectivity index is 2.17. The summed E-state index contributed by atoms with van der Waals surface area (Å²) in [5.41, 5.74) is 0. The first-order valence-electron chi connectivity index (χ1n) is 7.68. The van der Waals surface area contributed by atoms with Crippen LogP contribution >= 0.6 is 0 Å². The van der Waals surface area contributed by atoms with Crippen LogP contribution in [0.3, 0.4) is 0 Å². The molecule has 0 saturated carbocycles. The first-order valence-corrected chi connectivity index (χ1v) is 7.68. The van der Waals surface area contributed by atoms with Crippen molar-refractivity contribution < 1.29 is 19.4 Å². The van der Waals surface area contributed by atoms with Crippen molar-refractivity contribution >= 4 is 12.0 Å². The molecule has 1 heterocycles. The van der Waals surface area contributed by atoms with Crippen LogP contribution in [0.25, 0.3) is 0 Å². The van der Waals surface area contributed by atoms with Crippen LogP contribution in [0.4, 0.5) is 4.79 Å². The first-order chi connectivity index (χ1) is 10.1. The van der Waals surface area contributed by atoms with Crippen LogP contribution in [0.5, 0.6) is 0 Å². The molecular formula is C14H27N3O4. The number of carbonyl (C=O) groups excluding carboxylic acids is 1. The Morgan fingerprint density at radius 1 is 1.19 bits per heavy atom. The molecule has 1 fully saturated rings. The zero-order valence-corrected chi connectivity index (χ0v) is 12.8. The third-order valence-electron chi connectivity index (χ3n) is 3.40. The van der Waals surface area contributed by atoms with Gasteiger partial charge in [0, 0.05) is 39.3 Å². The van der Waals surface area contributed by atoms with Crippen LogP contribution < -0.4 is 5.32 Å². The molecule has 0 radical (unpaired) electrons. The molecule has 7 heteroatoms. The lowest BCUT2D eigenvalue weighted by Crippen LogP contribution is -2.43. The molecule has 0 spiro atoms. The molecule has 1 saturated heterocycles. The van der Waals surface area contributed by atoms with Gasteiger partial charge in [0.15, 0.2) is 0 Å². The number of aliphatic carboxylic acids is 1. The van der Waals surface area contributed by atoms with E-state index in [0.29, 0.717) is 32.8 Å². The number of carbonyl (C=O) groups is 2. The van der Waals surface area contributed by atoms with Crippen molar-refractivity contribution in [2.75, 3.05) is 52.5 Å². The number of nitrogens with one attached hydrogen (secondary N) is 1. The van der Waals surface area contributed by atoms with E-state index in [1.807, 2.05) is 4.90 Å². The van der Waals surface area contributed by atoms with E-state index < -0.39 is 5.97 Å². The van der Waals surface area contributed by atoms with Crippen molar-refractivity contribution in [3.05, 3.63) is 0 Å². The number of hydrogen-bond acceptors (Lipinski definition) is 4. The highest BCUT2D eigenvalue weighted by atomic mass is 16.5. The third-order valence-corrected chi connectivity index (χ3v) is 3.40. The molecule has 0 aromatic rings. The SMILES string of the molecule is CCCCOCCNC(=O)N1CCCN(CC(=O)O)CC1. The highest BCUT2D eigenvalue weighted by molar-refractivity contribution is 5.74. The Bertz CT molecular complexity index is 325. The zero-order valence-electron chi connectivity index (χ0n) is 12.8. The maximum atomic E-state index is 12.0. The van der Waals surface area contributed by atoms with Crippen LogP contribution in [0.15, 0.2) is 0 Å². The molecule has 0 unspecified atom stereocenters. The van der Waals surface area contributed by atoms with Crippen LogP contribution in [-0.4, -0.2) is 79.4 Å². The van der Waals surface area contributed by atoms with Crippen LogP contribution in [-0.2, 0) is 9.53 Å². The molecule has 21 heavy (non-hydrogen) atoms. The number of carboxylic acids is 1. The van der Waals surface area contributed by atoms with Crippen molar-refractivity contribution in [2.24, 2.45) is 0 Å². The Labute approximate surface area is 126 Å². The minimum atomic E-state index is -0.822. The quantitative estimate of drug-likeness (QED) is 0.642. The van der Waals surface area contributed by atoms with Crippen LogP contribution in [0.1, 0.15) is 26.2 Å². The summed E-state index contributed by atoms with van der Waals surface area (Å²) in [7, 11) is 0. The van der Waals surface area contributed by atoms with E-state index in [-0.39, 0.29) is 12.6 Å². The van der Waals surface area contributed by atoms with E-state index in [2.05, 4.69) is 12.2 Å². The summed E-state index contributed by atoms with van der Waals surface area (Å²) in [4.78, 5) is 26.3. The minimum Gasteiger partial charge on any atom is -0.480 e. The summed E-state index contributed by atoms with van der Waals surface area (Å²) in [6.45, 7) is 6.49. The number of urea groups is 1. The van der Waals surface area contributed by atoms with Crippen LogP contribution in [0, 0.1) is 0 Å². The van der Waals surface area contributed by atoms with Crippen molar-refractivity contribution in [1.29, 1.82) is 0 Å². The predicted octanol–water partition coefficient (Wildman–Crippen LogP) is 0.605. The van der Waals surface area contributed by atoms with E-state index in [0.717, 1.165) is 32.4 Å². The fourth-order valence-electron chi connectivity index (χ4n) is 2.21. The monoisotopic (exact) mass is 301 g/mol. The summed E-state index contributed by atoms with van der Waals surface area (Å²) < 4.78 is 5.39. The second-order valence-electron chi connectivity index (χ2n) is 5.21. The van der Waals surface area contributed by atoms with E-state index in [9.17, 15) is 9.59 Å². The Kier molecular flexibility index (Phi) is 8.77. The van der Waals surface area contributed by atoms with Gasteiger partial charge in [-0.25, -0.2) is 4.79 Å². The maximum absolute atomic E-state index is 12.0. The molecule has 0 aromatic carbocycles. The minimum absolute atomic E-state index is 0.0424. The molecule has 122 valence electrons. The number of nitrogens with zero attached hydrogens (tertiary/aromatic N) is 2. The average Bonchev–Trinajstić information content (AvgIpc) is 2.67. The smallest absolute Gasteiger partial charge is 0.317 e. The largest absolute Gasteiger partial charge is 0.480 e. The van der Waals surface area contributed by atoms with Gasteiger partial charge in [-0.2, -0.15) is 0 Å². The molecule has 0 aliphatic carbocycles. The Morgan fingerprint density at radius 3 is 2.71 bits per heavy atom. The normalized spacial score (nSPS) is 16.5. The van der Waals surface area contributed by atoms with Gasteiger partial charge in [0.05, 0.1) is 13.2 Å².